The third kappa shape index (κ3) is 5.81. The molecular weight excluding hydrogens is 369 g/mol. The van der Waals surface area contributed by atoms with E-state index in [0.29, 0.717) is 22.2 Å². The molecule has 7 nitrogen and oxygen atoms in total. The minimum absolute atomic E-state index is 0.0940. The third-order valence-corrected chi connectivity index (χ3v) is 3.61. The first-order valence-corrected chi connectivity index (χ1v) is 8.07. The maximum atomic E-state index is 11.8. The Balaban J connectivity index is 1.70. The van der Waals surface area contributed by atoms with E-state index in [1.807, 2.05) is 0 Å². The Morgan fingerprint density at radius 3 is 2.68 bits per heavy atom. The van der Waals surface area contributed by atoms with Gasteiger partial charge in [-0.2, -0.15) is 0 Å². The van der Waals surface area contributed by atoms with Crippen molar-refractivity contribution in [3.8, 4) is 5.75 Å². The highest BCUT2D eigenvalue weighted by molar-refractivity contribution is 6.35. The minimum Gasteiger partial charge on any atom is -0.492 e. The van der Waals surface area contributed by atoms with Gasteiger partial charge in [-0.25, -0.2) is 0 Å². The number of aromatic nitrogens is 1. The molecule has 2 aromatic rings. The van der Waals surface area contributed by atoms with Gasteiger partial charge in [0, 0.05) is 17.6 Å². The van der Waals surface area contributed by atoms with E-state index in [0.717, 1.165) is 0 Å². The summed E-state index contributed by atoms with van der Waals surface area (Å²) in [6, 6.07) is 7.71. The molecule has 0 aliphatic heterocycles. The molecule has 2 amide bonds. The Labute approximate surface area is 153 Å². The zero-order valence-electron chi connectivity index (χ0n) is 13.0. The highest BCUT2D eigenvalue weighted by Crippen LogP contribution is 2.27. The summed E-state index contributed by atoms with van der Waals surface area (Å²) in [5.74, 6) is -0.631. The van der Waals surface area contributed by atoms with Gasteiger partial charge in [-0.05, 0) is 36.8 Å². The lowest BCUT2D eigenvalue weighted by molar-refractivity contribution is -0.122. The molecule has 1 aromatic heterocycles. The van der Waals surface area contributed by atoms with Crippen LogP contribution in [-0.2, 0) is 4.79 Å². The number of ether oxygens (including phenoxy) is 1. The van der Waals surface area contributed by atoms with Gasteiger partial charge in [0.2, 0.25) is 5.91 Å². The van der Waals surface area contributed by atoms with Gasteiger partial charge in [-0.1, -0.05) is 23.2 Å². The topological polar surface area (TPSA) is 100 Å². The molecule has 9 heteroatoms. The van der Waals surface area contributed by atoms with Crippen molar-refractivity contribution in [1.82, 2.24) is 15.8 Å². The number of nitrogens with one attached hydrogen (secondary N) is 3. The molecule has 1 aromatic carbocycles. The molecule has 0 fully saturated rings. The van der Waals surface area contributed by atoms with Crippen LogP contribution in [0.4, 0.5) is 0 Å². The van der Waals surface area contributed by atoms with Crippen LogP contribution in [0.2, 0.25) is 10.0 Å². The monoisotopic (exact) mass is 383 g/mol. The lowest BCUT2D eigenvalue weighted by atomic mass is 10.3. The largest absolute Gasteiger partial charge is 0.492 e. The van der Waals surface area contributed by atoms with Gasteiger partial charge in [0.1, 0.15) is 11.3 Å². The molecular formula is C16H15Cl2N3O4. The van der Waals surface area contributed by atoms with Crippen molar-refractivity contribution in [3.05, 3.63) is 62.5 Å². The second kappa shape index (κ2) is 9.10. The SMILES string of the molecule is O=C(CCCOc1ccc(Cl)cc1Cl)NNC(=O)c1ccc[nH]c1=O. The fourth-order valence-corrected chi connectivity index (χ4v) is 2.33. The molecule has 0 bridgehead atoms. The summed E-state index contributed by atoms with van der Waals surface area (Å²) in [5, 5.41) is 0.891. The van der Waals surface area contributed by atoms with E-state index < -0.39 is 17.4 Å². The molecule has 132 valence electrons. The predicted molar refractivity (Wildman–Crippen MR) is 93.9 cm³/mol. The van der Waals surface area contributed by atoms with E-state index in [9.17, 15) is 14.4 Å². The number of amides is 2. The molecule has 3 N–H and O–H groups in total. The second-order valence-electron chi connectivity index (χ2n) is 4.94. The van der Waals surface area contributed by atoms with Gasteiger partial charge in [0.25, 0.3) is 11.5 Å². The average molecular weight is 384 g/mol. The summed E-state index contributed by atoms with van der Waals surface area (Å²) in [7, 11) is 0. The zero-order chi connectivity index (χ0) is 18.2. The summed E-state index contributed by atoms with van der Waals surface area (Å²) in [4.78, 5) is 37.2. The van der Waals surface area contributed by atoms with Crippen LogP contribution < -0.4 is 21.1 Å². The maximum absolute atomic E-state index is 11.8. The van der Waals surface area contributed by atoms with Gasteiger partial charge in [0.05, 0.1) is 11.6 Å². The molecule has 0 atom stereocenters. The number of hydrogen-bond donors (Lipinski definition) is 3. The highest BCUT2D eigenvalue weighted by Gasteiger charge is 2.10. The first-order chi connectivity index (χ1) is 12.0. The van der Waals surface area contributed by atoms with E-state index in [4.69, 9.17) is 27.9 Å². The minimum atomic E-state index is -0.695. The first kappa shape index (κ1) is 18.8. The number of hydrogen-bond acceptors (Lipinski definition) is 4. The zero-order valence-corrected chi connectivity index (χ0v) is 14.5. The molecule has 2 rings (SSSR count). The number of halogens is 2. The van der Waals surface area contributed by atoms with Crippen LogP contribution in [0.5, 0.6) is 5.75 Å². The molecule has 1 heterocycles. The summed E-state index contributed by atoms with van der Waals surface area (Å²) >= 11 is 11.7. The number of benzene rings is 1. The predicted octanol–water partition coefficient (Wildman–Crippen LogP) is 2.30. The van der Waals surface area contributed by atoms with E-state index >= 15 is 0 Å². The van der Waals surface area contributed by atoms with Crippen molar-refractivity contribution >= 4 is 35.0 Å². The van der Waals surface area contributed by atoms with Gasteiger partial charge in [-0.15, -0.1) is 0 Å². The average Bonchev–Trinajstić information content (AvgIpc) is 2.58. The Kier molecular flexibility index (Phi) is 6.85. The number of pyridine rings is 1. The number of carbonyl (C=O) groups is 2. The molecule has 0 unspecified atom stereocenters. The number of H-pyrrole nitrogens is 1. The van der Waals surface area contributed by atoms with E-state index in [2.05, 4.69) is 15.8 Å². The Hall–Kier alpha value is -2.51. The summed E-state index contributed by atoms with van der Waals surface area (Å²) < 4.78 is 5.45. The fourth-order valence-electron chi connectivity index (χ4n) is 1.86. The van der Waals surface area contributed by atoms with Crippen molar-refractivity contribution in [3.63, 3.8) is 0 Å². The molecule has 25 heavy (non-hydrogen) atoms. The van der Waals surface area contributed by atoms with E-state index in [1.165, 1.54) is 18.3 Å². The van der Waals surface area contributed by atoms with Crippen LogP contribution >= 0.6 is 23.2 Å². The van der Waals surface area contributed by atoms with Gasteiger partial charge >= 0.3 is 0 Å². The van der Waals surface area contributed by atoms with Crippen molar-refractivity contribution in [2.45, 2.75) is 12.8 Å². The summed E-state index contributed by atoms with van der Waals surface area (Å²) in [5.41, 5.74) is 3.78. The maximum Gasteiger partial charge on any atom is 0.275 e. The number of aromatic amines is 1. The van der Waals surface area contributed by atoms with Gasteiger partial charge < -0.3 is 9.72 Å². The van der Waals surface area contributed by atoms with Crippen LogP contribution in [0.15, 0.2) is 41.3 Å². The van der Waals surface area contributed by atoms with Crippen LogP contribution in [-0.4, -0.2) is 23.4 Å². The second-order valence-corrected chi connectivity index (χ2v) is 5.79. The van der Waals surface area contributed by atoms with Gasteiger partial charge in [0.15, 0.2) is 0 Å². The molecule has 0 aliphatic rings. The summed E-state index contributed by atoms with van der Waals surface area (Å²) in [6.45, 7) is 0.265. The van der Waals surface area contributed by atoms with Crippen molar-refractivity contribution in [2.24, 2.45) is 0 Å². The fraction of sp³-hybridized carbons (Fsp3) is 0.188. The van der Waals surface area contributed by atoms with E-state index in [1.54, 1.807) is 18.2 Å². The molecule has 0 aliphatic carbocycles. The number of carbonyl (C=O) groups excluding carboxylic acids is 2. The smallest absolute Gasteiger partial charge is 0.275 e. The van der Waals surface area contributed by atoms with Gasteiger partial charge in [-0.3, -0.25) is 25.2 Å². The number of hydrazine groups is 1. The molecule has 0 spiro atoms. The molecule has 0 radical (unpaired) electrons. The molecule has 0 saturated carbocycles. The van der Waals surface area contributed by atoms with E-state index in [-0.39, 0.29) is 18.6 Å². The van der Waals surface area contributed by atoms with Crippen LogP contribution in [0.1, 0.15) is 23.2 Å². The highest BCUT2D eigenvalue weighted by atomic mass is 35.5. The number of rotatable bonds is 6. The van der Waals surface area contributed by atoms with Crippen LogP contribution in [0.25, 0.3) is 0 Å². The quantitative estimate of drug-likeness (QED) is 0.526. The lowest BCUT2D eigenvalue weighted by Crippen LogP contribution is -2.43. The van der Waals surface area contributed by atoms with Crippen LogP contribution in [0.3, 0.4) is 0 Å². The van der Waals surface area contributed by atoms with Crippen molar-refractivity contribution in [1.29, 1.82) is 0 Å². The Morgan fingerprint density at radius 1 is 1.16 bits per heavy atom. The Bertz CT molecular complexity index is 823. The normalized spacial score (nSPS) is 10.2. The van der Waals surface area contributed by atoms with Crippen LogP contribution in [0, 0.1) is 0 Å². The third-order valence-electron chi connectivity index (χ3n) is 3.08. The Morgan fingerprint density at radius 2 is 1.96 bits per heavy atom. The molecule has 0 saturated heterocycles. The van der Waals surface area contributed by atoms with Crippen molar-refractivity contribution < 1.29 is 14.3 Å². The lowest BCUT2D eigenvalue weighted by Gasteiger charge is -2.09. The summed E-state index contributed by atoms with van der Waals surface area (Å²) in [6.07, 6.45) is 1.94. The first-order valence-electron chi connectivity index (χ1n) is 7.32. The standard InChI is InChI=1S/C16H15Cl2N3O4/c17-10-5-6-13(12(18)9-10)25-8-2-4-14(22)20-21-16(24)11-3-1-7-19-15(11)23/h1,3,5-7,9H,2,4,8H2,(H,19,23)(H,20,22)(H,21,24). The van der Waals surface area contributed by atoms with Crippen molar-refractivity contribution in [2.75, 3.05) is 6.61 Å².